The Bertz CT molecular complexity index is 1260. The lowest BCUT2D eigenvalue weighted by Gasteiger charge is -2.26. The Hall–Kier alpha value is -2.42. The lowest BCUT2D eigenvalue weighted by Crippen LogP contribution is -2.35. The monoisotopic (exact) mass is 459 g/mol. The molecule has 7 nitrogen and oxygen atoms in total. The van der Waals surface area contributed by atoms with Gasteiger partial charge in [0.05, 0.1) is 5.02 Å². The van der Waals surface area contributed by atoms with Crippen molar-refractivity contribution < 1.29 is 17.6 Å². The molecule has 9 heteroatoms. The normalized spacial score (nSPS) is 17.7. The van der Waals surface area contributed by atoms with Crippen molar-refractivity contribution in [3.63, 3.8) is 0 Å². The molecule has 1 aromatic heterocycles. The van der Waals surface area contributed by atoms with Gasteiger partial charge in [0, 0.05) is 30.3 Å². The molecule has 2 aromatic carbocycles. The molecule has 0 spiro atoms. The molecule has 0 radical (unpaired) electrons. The van der Waals surface area contributed by atoms with Crippen molar-refractivity contribution in [2.24, 2.45) is 0 Å². The van der Waals surface area contributed by atoms with Crippen LogP contribution in [-0.2, 0) is 10.0 Å². The average Bonchev–Trinajstić information content (AvgIpc) is 3.54. The molecule has 1 aliphatic carbocycles. The fourth-order valence-corrected chi connectivity index (χ4v) is 5.84. The van der Waals surface area contributed by atoms with E-state index in [1.807, 2.05) is 0 Å². The summed E-state index contributed by atoms with van der Waals surface area (Å²) < 4.78 is 33.3. The Morgan fingerprint density at radius 3 is 2.61 bits per heavy atom. The number of anilines is 1. The van der Waals surface area contributed by atoms with Gasteiger partial charge in [0.2, 0.25) is 10.0 Å². The first-order valence-corrected chi connectivity index (χ1v) is 12.3. The summed E-state index contributed by atoms with van der Waals surface area (Å²) in [5, 5.41) is 2.92. The first-order valence-electron chi connectivity index (χ1n) is 10.4. The van der Waals surface area contributed by atoms with Gasteiger partial charge in [-0.1, -0.05) is 18.0 Å². The van der Waals surface area contributed by atoms with Crippen LogP contribution in [0.5, 0.6) is 0 Å². The van der Waals surface area contributed by atoms with Crippen LogP contribution in [0.1, 0.15) is 54.3 Å². The molecule has 0 bridgehead atoms. The van der Waals surface area contributed by atoms with E-state index in [0.29, 0.717) is 35.8 Å². The van der Waals surface area contributed by atoms with E-state index < -0.39 is 15.9 Å². The van der Waals surface area contributed by atoms with Gasteiger partial charge in [-0.15, -0.1) is 0 Å². The number of nitrogens with zero attached hydrogens (tertiary/aromatic N) is 2. The molecule has 3 aromatic rings. The quantitative estimate of drug-likeness (QED) is 0.592. The number of nitrogens with one attached hydrogen (secondary N) is 1. The number of halogens is 1. The average molecular weight is 460 g/mol. The SMILES string of the molecule is O=C(Nc1ccc2oc(C3CC3)nc2c1)c1ccc(Cl)c(S(=O)(=O)N2CCCCC2)c1. The van der Waals surface area contributed by atoms with Gasteiger partial charge < -0.3 is 9.73 Å². The zero-order chi connectivity index (χ0) is 21.6. The standard InChI is InChI=1S/C22H22ClN3O4S/c23-17-8-6-15(12-20(17)31(28,29)26-10-2-1-3-11-26)21(27)24-16-7-9-19-18(13-16)25-22(30-19)14-4-5-14/h6-9,12-14H,1-5,10-11H2,(H,24,27). The number of sulfonamides is 1. The van der Waals surface area contributed by atoms with Crippen molar-refractivity contribution in [2.75, 3.05) is 18.4 Å². The number of oxazole rings is 1. The maximum absolute atomic E-state index is 13.0. The molecule has 0 unspecified atom stereocenters. The predicted octanol–water partition coefficient (Wildman–Crippen LogP) is 4.79. The molecule has 1 N–H and O–H groups in total. The van der Waals surface area contributed by atoms with Crippen LogP contribution in [0.15, 0.2) is 45.7 Å². The van der Waals surface area contributed by atoms with Gasteiger partial charge in [0.1, 0.15) is 10.4 Å². The molecular weight excluding hydrogens is 438 g/mol. The second-order valence-electron chi connectivity index (χ2n) is 8.07. The Morgan fingerprint density at radius 1 is 1.10 bits per heavy atom. The number of carbonyl (C=O) groups excluding carboxylic acids is 1. The van der Waals surface area contributed by atoms with Gasteiger partial charge in [0.15, 0.2) is 11.5 Å². The topological polar surface area (TPSA) is 92.5 Å². The van der Waals surface area contributed by atoms with E-state index in [1.165, 1.54) is 22.5 Å². The minimum atomic E-state index is -3.75. The fraction of sp³-hybridized carbons (Fsp3) is 0.364. The zero-order valence-electron chi connectivity index (χ0n) is 16.8. The third-order valence-electron chi connectivity index (χ3n) is 5.71. The molecule has 2 fully saturated rings. The summed E-state index contributed by atoms with van der Waals surface area (Å²) >= 11 is 6.21. The molecule has 31 heavy (non-hydrogen) atoms. The van der Waals surface area contributed by atoms with Crippen molar-refractivity contribution in [1.29, 1.82) is 0 Å². The predicted molar refractivity (Wildman–Crippen MR) is 118 cm³/mol. The van der Waals surface area contributed by atoms with Crippen LogP contribution in [0.4, 0.5) is 5.69 Å². The van der Waals surface area contributed by atoms with Crippen molar-refractivity contribution in [1.82, 2.24) is 9.29 Å². The lowest BCUT2D eigenvalue weighted by atomic mass is 10.2. The summed E-state index contributed by atoms with van der Waals surface area (Å²) in [6.07, 6.45) is 4.85. The number of piperidine rings is 1. The summed E-state index contributed by atoms with van der Waals surface area (Å²) in [6.45, 7) is 0.936. The maximum atomic E-state index is 13.0. The van der Waals surface area contributed by atoms with Gasteiger partial charge in [-0.3, -0.25) is 4.79 Å². The number of amides is 1. The van der Waals surface area contributed by atoms with Crippen LogP contribution in [0.3, 0.4) is 0 Å². The molecule has 2 heterocycles. The van der Waals surface area contributed by atoms with Gasteiger partial charge in [-0.2, -0.15) is 4.31 Å². The summed E-state index contributed by atoms with van der Waals surface area (Å²) in [5.74, 6) is 0.723. The maximum Gasteiger partial charge on any atom is 0.255 e. The highest BCUT2D eigenvalue weighted by atomic mass is 35.5. The lowest BCUT2D eigenvalue weighted by molar-refractivity contribution is 0.102. The first kappa shape index (κ1) is 20.5. The molecule has 2 aliphatic rings. The highest BCUT2D eigenvalue weighted by Gasteiger charge is 2.30. The molecule has 1 saturated heterocycles. The van der Waals surface area contributed by atoms with Crippen LogP contribution in [0.25, 0.3) is 11.1 Å². The highest BCUT2D eigenvalue weighted by Crippen LogP contribution is 2.40. The van der Waals surface area contributed by atoms with Crippen LogP contribution < -0.4 is 5.32 Å². The largest absolute Gasteiger partial charge is 0.440 e. The summed E-state index contributed by atoms with van der Waals surface area (Å²) in [4.78, 5) is 17.3. The van der Waals surface area contributed by atoms with Crippen molar-refractivity contribution >= 4 is 44.3 Å². The number of hydrogen-bond donors (Lipinski definition) is 1. The van der Waals surface area contributed by atoms with Crippen molar-refractivity contribution in [2.45, 2.75) is 42.9 Å². The molecule has 0 atom stereocenters. The van der Waals surface area contributed by atoms with Gasteiger partial charge in [-0.25, -0.2) is 13.4 Å². The minimum Gasteiger partial charge on any atom is -0.440 e. The Kier molecular flexibility index (Phi) is 5.24. The van der Waals surface area contributed by atoms with E-state index >= 15 is 0 Å². The number of aromatic nitrogens is 1. The molecule has 162 valence electrons. The van der Waals surface area contributed by atoms with Gasteiger partial charge in [0.25, 0.3) is 5.91 Å². The Labute approximate surface area is 185 Å². The van der Waals surface area contributed by atoms with E-state index in [4.69, 9.17) is 16.0 Å². The number of fused-ring (bicyclic) bond motifs is 1. The molecule has 5 rings (SSSR count). The second kappa shape index (κ2) is 7.93. The van der Waals surface area contributed by atoms with Crippen molar-refractivity contribution in [3.05, 3.63) is 52.9 Å². The Morgan fingerprint density at radius 2 is 1.87 bits per heavy atom. The van der Waals surface area contributed by atoms with Crippen molar-refractivity contribution in [3.8, 4) is 0 Å². The van der Waals surface area contributed by atoms with E-state index in [2.05, 4.69) is 10.3 Å². The van der Waals surface area contributed by atoms with E-state index in [1.54, 1.807) is 18.2 Å². The summed E-state index contributed by atoms with van der Waals surface area (Å²) in [6, 6.07) is 9.59. The molecular formula is C22H22ClN3O4S. The van der Waals surface area contributed by atoms with E-state index in [-0.39, 0.29) is 15.5 Å². The summed E-state index contributed by atoms with van der Waals surface area (Å²) in [5.41, 5.74) is 2.15. The van der Waals surface area contributed by atoms with Gasteiger partial charge >= 0.3 is 0 Å². The highest BCUT2D eigenvalue weighted by molar-refractivity contribution is 7.89. The van der Waals surface area contributed by atoms with Crippen LogP contribution in [0.2, 0.25) is 5.02 Å². The second-order valence-corrected chi connectivity index (χ2v) is 10.4. The van der Waals surface area contributed by atoms with E-state index in [9.17, 15) is 13.2 Å². The minimum absolute atomic E-state index is 0.0373. The molecule has 1 saturated carbocycles. The third-order valence-corrected chi connectivity index (χ3v) is 8.10. The fourth-order valence-electron chi connectivity index (χ4n) is 3.82. The van der Waals surface area contributed by atoms with Crippen LogP contribution in [0, 0.1) is 0 Å². The number of carbonyl (C=O) groups is 1. The number of rotatable bonds is 5. The van der Waals surface area contributed by atoms with Crippen LogP contribution >= 0.6 is 11.6 Å². The van der Waals surface area contributed by atoms with E-state index in [0.717, 1.165) is 38.0 Å². The third kappa shape index (κ3) is 4.07. The number of hydrogen-bond acceptors (Lipinski definition) is 5. The molecule has 1 aliphatic heterocycles. The number of benzene rings is 2. The first-order chi connectivity index (χ1) is 14.9. The molecule has 1 amide bonds. The summed E-state index contributed by atoms with van der Waals surface area (Å²) in [7, 11) is -3.75. The smallest absolute Gasteiger partial charge is 0.255 e. The van der Waals surface area contributed by atoms with Crippen LogP contribution in [-0.4, -0.2) is 36.7 Å². The zero-order valence-corrected chi connectivity index (χ0v) is 18.4. The Balaban J connectivity index is 1.39. The van der Waals surface area contributed by atoms with Gasteiger partial charge in [-0.05, 0) is 62.1 Å².